The van der Waals surface area contributed by atoms with E-state index in [9.17, 15) is 14.4 Å². The van der Waals surface area contributed by atoms with Crippen LogP contribution in [0.5, 0.6) is 0 Å². The van der Waals surface area contributed by atoms with Gasteiger partial charge >= 0.3 is 12.0 Å². The zero-order valence-electron chi connectivity index (χ0n) is 17.5. The summed E-state index contributed by atoms with van der Waals surface area (Å²) in [5, 5.41) is 2.87. The lowest BCUT2D eigenvalue weighted by molar-refractivity contribution is -0.136. The Morgan fingerprint density at radius 1 is 1.23 bits per heavy atom. The third-order valence-corrected chi connectivity index (χ3v) is 6.25. The van der Waals surface area contributed by atoms with Gasteiger partial charge in [0.25, 0.3) is 0 Å². The molecule has 2 aliphatic heterocycles. The van der Waals surface area contributed by atoms with Crippen molar-refractivity contribution in [2.45, 2.75) is 17.9 Å². The van der Waals surface area contributed by atoms with Crippen molar-refractivity contribution in [2.75, 3.05) is 31.4 Å². The molecule has 0 aliphatic carbocycles. The number of anilines is 1. The van der Waals surface area contributed by atoms with E-state index in [1.54, 1.807) is 18.8 Å². The van der Waals surface area contributed by atoms with Crippen LogP contribution in [0.4, 0.5) is 10.5 Å². The molecule has 0 unspecified atom stereocenters. The van der Waals surface area contributed by atoms with E-state index in [0.717, 1.165) is 21.7 Å². The summed E-state index contributed by atoms with van der Waals surface area (Å²) in [5.41, 5.74) is 3.38. The van der Waals surface area contributed by atoms with Crippen LogP contribution in [0.2, 0.25) is 0 Å². The Kier molecular flexibility index (Phi) is 5.73. The minimum atomic E-state index is -0.603. The van der Waals surface area contributed by atoms with Gasteiger partial charge in [0.15, 0.2) is 0 Å². The van der Waals surface area contributed by atoms with Crippen molar-refractivity contribution in [3.8, 4) is 0 Å². The third kappa shape index (κ3) is 4.03. The van der Waals surface area contributed by atoms with Gasteiger partial charge in [-0.1, -0.05) is 24.3 Å². The lowest BCUT2D eigenvalue weighted by Crippen LogP contribution is -2.50. The molecule has 0 fully saturated rings. The molecule has 2 aromatic carbocycles. The molecule has 0 saturated carbocycles. The quantitative estimate of drug-likeness (QED) is 0.574. The molecule has 8 heteroatoms. The molecule has 2 aliphatic rings. The van der Waals surface area contributed by atoms with Crippen LogP contribution in [0.1, 0.15) is 17.2 Å². The molecular formula is C23H23N3O4S. The highest BCUT2D eigenvalue weighted by molar-refractivity contribution is 7.98. The van der Waals surface area contributed by atoms with Gasteiger partial charge in [0.05, 0.1) is 17.3 Å². The summed E-state index contributed by atoms with van der Waals surface area (Å²) in [6.45, 7) is 1.73. The Morgan fingerprint density at radius 2 is 1.97 bits per heavy atom. The molecule has 0 bridgehead atoms. The van der Waals surface area contributed by atoms with Gasteiger partial charge in [0.2, 0.25) is 5.91 Å². The molecule has 0 spiro atoms. The number of thioether (sulfide) groups is 1. The van der Waals surface area contributed by atoms with Crippen molar-refractivity contribution in [3.05, 3.63) is 70.9 Å². The molecule has 4 rings (SSSR count). The number of ether oxygens (including phenoxy) is 1. The summed E-state index contributed by atoms with van der Waals surface area (Å²) in [5.74, 6) is -0.742. The number of hydrogen-bond acceptors (Lipinski definition) is 5. The number of carbonyl (C=O) groups excluding carboxylic acids is 3. The van der Waals surface area contributed by atoms with Gasteiger partial charge in [0, 0.05) is 17.6 Å². The number of carbonyl (C=O) groups is 3. The van der Waals surface area contributed by atoms with Crippen molar-refractivity contribution in [2.24, 2.45) is 0 Å². The topological polar surface area (TPSA) is 79.0 Å². The molecule has 2 heterocycles. The summed E-state index contributed by atoms with van der Waals surface area (Å²) < 4.78 is 5.24. The van der Waals surface area contributed by atoms with E-state index in [-0.39, 0.29) is 19.1 Å². The minimum absolute atomic E-state index is 0.0254. The molecule has 160 valence electrons. The lowest BCUT2D eigenvalue weighted by atomic mass is 9.96. The monoisotopic (exact) mass is 437 g/mol. The zero-order valence-corrected chi connectivity index (χ0v) is 18.4. The smallest absolute Gasteiger partial charge is 0.338 e. The number of urea groups is 1. The number of hydrogen-bond donors (Lipinski definition) is 1. The predicted molar refractivity (Wildman–Crippen MR) is 119 cm³/mol. The summed E-state index contributed by atoms with van der Waals surface area (Å²) in [7, 11) is 1.67. The maximum atomic E-state index is 12.9. The van der Waals surface area contributed by atoms with Crippen LogP contribution in [-0.2, 0) is 14.3 Å². The van der Waals surface area contributed by atoms with E-state index < -0.39 is 18.0 Å². The van der Waals surface area contributed by atoms with Crippen LogP contribution in [0.25, 0.3) is 0 Å². The van der Waals surface area contributed by atoms with Gasteiger partial charge in [-0.3, -0.25) is 9.69 Å². The van der Waals surface area contributed by atoms with Crippen LogP contribution in [0, 0.1) is 6.92 Å². The van der Waals surface area contributed by atoms with Crippen molar-refractivity contribution in [1.29, 1.82) is 0 Å². The fourth-order valence-corrected chi connectivity index (χ4v) is 4.15. The van der Waals surface area contributed by atoms with Crippen molar-refractivity contribution < 1.29 is 19.1 Å². The number of nitrogens with zero attached hydrogens (tertiary/aromatic N) is 2. The number of rotatable bonds is 5. The minimum Gasteiger partial charge on any atom is -0.456 e. The second-order valence-electron chi connectivity index (χ2n) is 7.47. The molecule has 7 nitrogen and oxygen atoms in total. The fourth-order valence-electron chi connectivity index (χ4n) is 3.75. The summed E-state index contributed by atoms with van der Waals surface area (Å²) >= 11 is 1.61. The lowest BCUT2D eigenvalue weighted by Gasteiger charge is -2.33. The van der Waals surface area contributed by atoms with Crippen LogP contribution in [-0.4, -0.2) is 49.3 Å². The van der Waals surface area contributed by atoms with Gasteiger partial charge < -0.3 is 15.0 Å². The number of benzene rings is 2. The van der Waals surface area contributed by atoms with E-state index in [4.69, 9.17) is 4.74 Å². The van der Waals surface area contributed by atoms with Gasteiger partial charge in [-0.25, -0.2) is 9.59 Å². The number of amides is 3. The van der Waals surface area contributed by atoms with Crippen molar-refractivity contribution >= 4 is 35.4 Å². The standard InChI is InChI=1S/C23H23N3O4S/c1-14-5-4-6-16(11-14)25(2)19(27)12-26-18-13-30-22(28)20(18)21(24-23(26)29)15-7-9-17(31-3)10-8-15/h4-11,21H,12-13H2,1-3H3,(H,24,29)/t21-/m1/s1. The first-order chi connectivity index (χ1) is 14.9. The summed E-state index contributed by atoms with van der Waals surface area (Å²) in [6, 6.07) is 14.2. The summed E-state index contributed by atoms with van der Waals surface area (Å²) in [4.78, 5) is 42.2. The molecule has 2 aromatic rings. The van der Waals surface area contributed by atoms with Crippen LogP contribution < -0.4 is 10.2 Å². The molecule has 3 amide bonds. The largest absolute Gasteiger partial charge is 0.456 e. The highest BCUT2D eigenvalue weighted by Gasteiger charge is 2.43. The number of cyclic esters (lactones) is 1. The van der Waals surface area contributed by atoms with E-state index in [2.05, 4.69) is 5.32 Å². The van der Waals surface area contributed by atoms with Crippen molar-refractivity contribution in [1.82, 2.24) is 10.2 Å². The average Bonchev–Trinajstić information content (AvgIpc) is 3.16. The Bertz CT molecular complexity index is 1080. The van der Waals surface area contributed by atoms with Gasteiger partial charge in [-0.15, -0.1) is 11.8 Å². The average molecular weight is 438 g/mol. The maximum absolute atomic E-state index is 12.9. The Hall–Kier alpha value is -3.26. The van der Waals surface area contributed by atoms with Gasteiger partial charge in [-0.05, 0) is 48.6 Å². The highest BCUT2D eigenvalue weighted by atomic mass is 32.2. The van der Waals surface area contributed by atoms with E-state index in [0.29, 0.717) is 11.3 Å². The fraction of sp³-hybridized carbons (Fsp3) is 0.261. The Balaban J connectivity index is 1.61. The molecule has 1 atom stereocenters. The number of esters is 1. The molecule has 0 saturated heterocycles. The number of nitrogens with one attached hydrogen (secondary N) is 1. The first-order valence-electron chi connectivity index (χ1n) is 9.84. The Labute approximate surface area is 185 Å². The predicted octanol–water partition coefficient (Wildman–Crippen LogP) is 3.26. The van der Waals surface area contributed by atoms with Gasteiger partial charge in [0.1, 0.15) is 13.2 Å². The third-order valence-electron chi connectivity index (χ3n) is 5.50. The SMILES string of the molecule is CSc1ccc([C@H]2NC(=O)N(CC(=O)N(C)c3cccc(C)c3)C3=C2C(=O)OC3)cc1. The highest BCUT2D eigenvalue weighted by Crippen LogP contribution is 2.35. The van der Waals surface area contributed by atoms with Crippen LogP contribution in [0.3, 0.4) is 0 Å². The molecule has 1 N–H and O–H groups in total. The maximum Gasteiger partial charge on any atom is 0.338 e. The number of aryl methyl sites for hydroxylation is 1. The summed E-state index contributed by atoms with van der Waals surface area (Å²) in [6.07, 6.45) is 1.98. The molecular weight excluding hydrogens is 414 g/mol. The second kappa shape index (κ2) is 8.47. The first-order valence-corrected chi connectivity index (χ1v) is 11.1. The van der Waals surface area contributed by atoms with E-state index in [1.807, 2.05) is 61.7 Å². The normalized spacial score (nSPS) is 17.9. The molecule has 0 aromatic heterocycles. The van der Waals surface area contributed by atoms with E-state index >= 15 is 0 Å². The zero-order chi connectivity index (χ0) is 22.1. The number of likely N-dealkylation sites (N-methyl/N-ethyl adjacent to an activating group) is 1. The molecule has 31 heavy (non-hydrogen) atoms. The molecule has 0 radical (unpaired) electrons. The van der Waals surface area contributed by atoms with Crippen LogP contribution >= 0.6 is 11.8 Å². The van der Waals surface area contributed by atoms with Crippen LogP contribution in [0.15, 0.2) is 64.7 Å². The first kappa shape index (κ1) is 21.0. The van der Waals surface area contributed by atoms with Crippen molar-refractivity contribution in [3.63, 3.8) is 0 Å². The second-order valence-corrected chi connectivity index (χ2v) is 8.35. The van der Waals surface area contributed by atoms with E-state index in [1.165, 1.54) is 9.80 Å². The van der Waals surface area contributed by atoms with Gasteiger partial charge in [-0.2, -0.15) is 0 Å². The Morgan fingerprint density at radius 3 is 2.65 bits per heavy atom.